The quantitative estimate of drug-likeness (QED) is 0.467. The van der Waals surface area contributed by atoms with E-state index in [0.717, 1.165) is 17.5 Å². The van der Waals surface area contributed by atoms with Crippen LogP contribution in [-0.2, 0) is 29.0 Å². The van der Waals surface area contributed by atoms with E-state index in [-0.39, 0.29) is 18.4 Å². The Kier molecular flexibility index (Phi) is 9.60. The molecule has 1 N–H and O–H groups in total. The Bertz CT molecular complexity index is 920. The van der Waals surface area contributed by atoms with Crippen LogP contribution in [0.25, 0.3) is 0 Å². The van der Waals surface area contributed by atoms with E-state index in [1.807, 2.05) is 33.8 Å². The van der Waals surface area contributed by atoms with Crippen LogP contribution in [0, 0.1) is 0 Å². The zero-order valence-electron chi connectivity index (χ0n) is 19.7. The molecule has 0 aliphatic heterocycles. The first-order chi connectivity index (χ1) is 15.0. The van der Waals surface area contributed by atoms with Gasteiger partial charge in [-0.2, -0.15) is 0 Å². The van der Waals surface area contributed by atoms with Crippen molar-refractivity contribution in [1.82, 2.24) is 10.2 Å². The Labute approximate surface area is 202 Å². The average molecular weight is 477 g/mol. The minimum Gasteiger partial charge on any atom is -0.350 e. The fourth-order valence-electron chi connectivity index (χ4n) is 3.54. The van der Waals surface area contributed by atoms with Crippen molar-refractivity contribution in [2.45, 2.75) is 78.4 Å². The number of carbonyl (C=O) groups excluding carboxylic acids is 2. The van der Waals surface area contributed by atoms with Gasteiger partial charge in [-0.15, -0.1) is 0 Å². The van der Waals surface area contributed by atoms with Crippen molar-refractivity contribution in [1.29, 1.82) is 0 Å². The number of hydrogen-bond acceptors (Lipinski definition) is 2. The van der Waals surface area contributed by atoms with Gasteiger partial charge in [-0.05, 0) is 68.9 Å². The summed E-state index contributed by atoms with van der Waals surface area (Å²) in [6, 6.07) is 12.9. The number of aryl methyl sites for hydroxylation is 2. The summed E-state index contributed by atoms with van der Waals surface area (Å²) in [6.07, 6.45) is 2.42. The molecule has 0 saturated heterocycles. The molecular weight excluding hydrogens is 443 g/mol. The van der Waals surface area contributed by atoms with E-state index < -0.39 is 11.6 Å². The van der Waals surface area contributed by atoms with Crippen LogP contribution in [0.5, 0.6) is 0 Å². The lowest BCUT2D eigenvalue weighted by Gasteiger charge is -2.33. The highest BCUT2D eigenvalue weighted by atomic mass is 35.5. The van der Waals surface area contributed by atoms with Gasteiger partial charge in [-0.1, -0.05) is 67.4 Å². The van der Waals surface area contributed by atoms with Crippen LogP contribution in [0.1, 0.15) is 64.2 Å². The summed E-state index contributed by atoms with van der Waals surface area (Å²) in [5, 5.41) is 4.03. The molecule has 2 aromatic carbocycles. The third kappa shape index (κ3) is 7.83. The SMILES string of the molecule is CCc1ccc(CCC(=O)N(Cc2ccc(Cl)cc2Cl)[C@@H](CC)C(=O)NC(C)(C)C)cc1. The van der Waals surface area contributed by atoms with E-state index in [9.17, 15) is 9.59 Å². The number of amides is 2. The molecule has 174 valence electrons. The van der Waals surface area contributed by atoms with Gasteiger partial charge in [0, 0.05) is 28.5 Å². The summed E-state index contributed by atoms with van der Waals surface area (Å²) in [4.78, 5) is 28.1. The van der Waals surface area contributed by atoms with Gasteiger partial charge < -0.3 is 10.2 Å². The summed E-state index contributed by atoms with van der Waals surface area (Å²) >= 11 is 12.4. The summed E-state index contributed by atoms with van der Waals surface area (Å²) < 4.78 is 0. The molecule has 2 rings (SSSR count). The molecule has 0 saturated carbocycles. The normalized spacial score (nSPS) is 12.3. The number of halogens is 2. The second kappa shape index (κ2) is 11.7. The summed E-state index contributed by atoms with van der Waals surface area (Å²) in [6.45, 7) is 10.1. The maximum atomic E-state index is 13.4. The molecule has 0 spiro atoms. The van der Waals surface area contributed by atoms with E-state index in [0.29, 0.717) is 29.3 Å². The van der Waals surface area contributed by atoms with Crippen LogP contribution in [-0.4, -0.2) is 28.3 Å². The van der Waals surface area contributed by atoms with E-state index >= 15 is 0 Å². The van der Waals surface area contributed by atoms with E-state index in [1.54, 1.807) is 17.0 Å². The van der Waals surface area contributed by atoms with Crippen LogP contribution in [0.4, 0.5) is 0 Å². The number of carbonyl (C=O) groups is 2. The van der Waals surface area contributed by atoms with E-state index in [4.69, 9.17) is 23.2 Å². The maximum absolute atomic E-state index is 13.4. The molecule has 0 unspecified atom stereocenters. The highest BCUT2D eigenvalue weighted by Crippen LogP contribution is 2.24. The minimum absolute atomic E-state index is 0.0773. The Morgan fingerprint density at radius 1 is 1.00 bits per heavy atom. The molecule has 2 aromatic rings. The van der Waals surface area contributed by atoms with Crippen molar-refractivity contribution >= 4 is 35.0 Å². The van der Waals surface area contributed by atoms with Crippen molar-refractivity contribution < 1.29 is 9.59 Å². The van der Waals surface area contributed by atoms with Crippen molar-refractivity contribution in [3.8, 4) is 0 Å². The van der Waals surface area contributed by atoms with Crippen LogP contribution in [0.2, 0.25) is 10.0 Å². The molecule has 0 bridgehead atoms. The molecule has 32 heavy (non-hydrogen) atoms. The zero-order chi connectivity index (χ0) is 23.9. The molecule has 0 heterocycles. The lowest BCUT2D eigenvalue weighted by Crippen LogP contribution is -2.53. The number of benzene rings is 2. The van der Waals surface area contributed by atoms with Gasteiger partial charge in [-0.25, -0.2) is 0 Å². The first kappa shape index (κ1) is 26.2. The highest BCUT2D eigenvalue weighted by Gasteiger charge is 2.30. The lowest BCUT2D eigenvalue weighted by molar-refractivity contribution is -0.142. The predicted octanol–water partition coefficient (Wildman–Crippen LogP) is 6.21. The van der Waals surface area contributed by atoms with Gasteiger partial charge in [0.05, 0.1) is 0 Å². The van der Waals surface area contributed by atoms with Crippen LogP contribution in [0.3, 0.4) is 0 Å². The van der Waals surface area contributed by atoms with Gasteiger partial charge >= 0.3 is 0 Å². The van der Waals surface area contributed by atoms with Crippen molar-refractivity contribution in [2.24, 2.45) is 0 Å². The van der Waals surface area contributed by atoms with Gasteiger partial charge in [0.25, 0.3) is 0 Å². The Morgan fingerprint density at radius 3 is 2.16 bits per heavy atom. The molecular formula is C26H34Cl2N2O2. The summed E-state index contributed by atoms with van der Waals surface area (Å²) in [5.41, 5.74) is 2.74. The van der Waals surface area contributed by atoms with E-state index in [2.05, 4.69) is 36.5 Å². The third-order valence-corrected chi connectivity index (χ3v) is 5.89. The topological polar surface area (TPSA) is 49.4 Å². The molecule has 0 aliphatic rings. The molecule has 0 fully saturated rings. The molecule has 0 radical (unpaired) electrons. The highest BCUT2D eigenvalue weighted by molar-refractivity contribution is 6.35. The largest absolute Gasteiger partial charge is 0.350 e. The summed E-state index contributed by atoms with van der Waals surface area (Å²) in [7, 11) is 0. The maximum Gasteiger partial charge on any atom is 0.243 e. The van der Waals surface area contributed by atoms with Crippen LogP contribution >= 0.6 is 23.2 Å². The number of nitrogens with one attached hydrogen (secondary N) is 1. The standard InChI is InChI=1S/C26H34Cl2N2O2/c1-6-18-8-10-19(11-9-18)12-15-24(31)30(17-20-13-14-21(27)16-22(20)28)23(7-2)25(32)29-26(3,4)5/h8-11,13-14,16,23H,6-7,12,15,17H2,1-5H3,(H,29,32)/t23-/m0/s1. The monoisotopic (exact) mass is 476 g/mol. The molecule has 0 aliphatic carbocycles. The average Bonchev–Trinajstić information content (AvgIpc) is 2.72. The molecule has 2 amide bonds. The smallest absolute Gasteiger partial charge is 0.243 e. The number of rotatable bonds is 9. The molecule has 6 heteroatoms. The Morgan fingerprint density at radius 2 is 1.62 bits per heavy atom. The lowest BCUT2D eigenvalue weighted by atomic mass is 10.0. The van der Waals surface area contributed by atoms with Crippen molar-refractivity contribution in [2.75, 3.05) is 0 Å². The van der Waals surface area contributed by atoms with Crippen molar-refractivity contribution in [3.05, 3.63) is 69.2 Å². The van der Waals surface area contributed by atoms with Crippen LogP contribution < -0.4 is 5.32 Å². The van der Waals surface area contributed by atoms with Gasteiger partial charge in [0.2, 0.25) is 11.8 Å². The molecule has 0 aromatic heterocycles. The van der Waals surface area contributed by atoms with Gasteiger partial charge in [0.1, 0.15) is 6.04 Å². The molecule has 1 atom stereocenters. The van der Waals surface area contributed by atoms with Gasteiger partial charge in [-0.3, -0.25) is 9.59 Å². The fourth-order valence-corrected chi connectivity index (χ4v) is 4.01. The second-order valence-corrected chi connectivity index (χ2v) is 9.93. The molecule has 4 nitrogen and oxygen atoms in total. The Hall–Kier alpha value is -2.04. The van der Waals surface area contributed by atoms with E-state index in [1.165, 1.54) is 5.56 Å². The fraction of sp³-hybridized carbons (Fsp3) is 0.462. The zero-order valence-corrected chi connectivity index (χ0v) is 21.2. The first-order valence-corrected chi connectivity index (χ1v) is 11.9. The van der Waals surface area contributed by atoms with Gasteiger partial charge in [0.15, 0.2) is 0 Å². The summed E-state index contributed by atoms with van der Waals surface area (Å²) in [5.74, 6) is -0.239. The minimum atomic E-state index is -0.587. The van der Waals surface area contributed by atoms with Crippen molar-refractivity contribution in [3.63, 3.8) is 0 Å². The number of nitrogens with zero attached hydrogens (tertiary/aromatic N) is 1. The third-order valence-electron chi connectivity index (χ3n) is 5.30. The Balaban J connectivity index is 2.25. The second-order valence-electron chi connectivity index (χ2n) is 9.09. The first-order valence-electron chi connectivity index (χ1n) is 11.2. The number of hydrogen-bond donors (Lipinski definition) is 1. The van der Waals surface area contributed by atoms with Crippen LogP contribution in [0.15, 0.2) is 42.5 Å². The predicted molar refractivity (Wildman–Crippen MR) is 133 cm³/mol.